The van der Waals surface area contributed by atoms with Crippen molar-refractivity contribution in [2.24, 2.45) is 5.73 Å². The zero-order valence-electron chi connectivity index (χ0n) is 12.9. The van der Waals surface area contributed by atoms with E-state index in [0.717, 1.165) is 9.79 Å². The van der Waals surface area contributed by atoms with Gasteiger partial charge in [-0.3, -0.25) is 0 Å². The molecule has 0 radical (unpaired) electrons. The lowest BCUT2D eigenvalue weighted by Gasteiger charge is -2.18. The molecule has 1 unspecified atom stereocenters. The summed E-state index contributed by atoms with van der Waals surface area (Å²) in [4.78, 5) is 13.3. The van der Waals surface area contributed by atoms with Crippen LogP contribution in [-0.4, -0.2) is 18.7 Å². The van der Waals surface area contributed by atoms with Crippen LogP contribution in [0.1, 0.15) is 18.5 Å². The molecule has 0 heterocycles. The van der Waals surface area contributed by atoms with Crippen molar-refractivity contribution < 1.29 is 13.9 Å². The van der Waals surface area contributed by atoms with Gasteiger partial charge in [0.05, 0.1) is 12.6 Å². The number of hydrogen-bond acceptors (Lipinski definition) is 4. The zero-order chi connectivity index (χ0) is 16.8. The van der Waals surface area contributed by atoms with Gasteiger partial charge in [-0.05, 0) is 42.8 Å². The Morgan fingerprint density at radius 2 is 1.88 bits per heavy atom. The topological polar surface area (TPSA) is 52.3 Å². The fourth-order valence-corrected chi connectivity index (χ4v) is 3.13. The van der Waals surface area contributed by atoms with Crippen LogP contribution in [0.4, 0.5) is 4.39 Å². The molecule has 0 amide bonds. The third-order valence-electron chi connectivity index (χ3n) is 3.15. The third kappa shape index (κ3) is 5.38. The molecule has 3 nitrogen and oxygen atoms in total. The second-order valence-electron chi connectivity index (χ2n) is 4.77. The number of alkyl halides is 1. The standard InChI is InChI=1S/C17H17ClFNO2S.ClH/c1-2-22-17(21)15(19)16(20)13-5-3-4-6-14(13)23-12-9-7-11(18)8-10-12;/h3-10,15-16H,2,20H2,1H3;1H/t15?,16-;/m0./s1. The van der Waals surface area contributed by atoms with E-state index in [1.54, 1.807) is 31.2 Å². The molecule has 0 aliphatic rings. The van der Waals surface area contributed by atoms with Crippen LogP contribution in [0.2, 0.25) is 5.02 Å². The van der Waals surface area contributed by atoms with Gasteiger partial charge < -0.3 is 10.5 Å². The smallest absolute Gasteiger partial charge is 0.342 e. The molecule has 2 aromatic carbocycles. The minimum atomic E-state index is -1.90. The van der Waals surface area contributed by atoms with E-state index in [2.05, 4.69) is 0 Å². The van der Waals surface area contributed by atoms with Crippen LogP contribution in [0.5, 0.6) is 0 Å². The van der Waals surface area contributed by atoms with Crippen molar-refractivity contribution in [3.8, 4) is 0 Å². The van der Waals surface area contributed by atoms with E-state index < -0.39 is 18.2 Å². The van der Waals surface area contributed by atoms with Gasteiger partial charge in [-0.2, -0.15) is 0 Å². The Kier molecular flexibility index (Phi) is 8.56. The number of carbonyl (C=O) groups is 1. The van der Waals surface area contributed by atoms with Crippen molar-refractivity contribution in [2.45, 2.75) is 28.9 Å². The monoisotopic (exact) mass is 389 g/mol. The molecule has 0 fully saturated rings. The number of hydrogen-bond donors (Lipinski definition) is 1. The quantitative estimate of drug-likeness (QED) is 0.719. The molecule has 0 aromatic heterocycles. The van der Waals surface area contributed by atoms with E-state index in [0.29, 0.717) is 10.6 Å². The van der Waals surface area contributed by atoms with Crippen LogP contribution in [0, 0.1) is 0 Å². The van der Waals surface area contributed by atoms with Gasteiger partial charge in [-0.15, -0.1) is 12.4 Å². The highest BCUT2D eigenvalue weighted by molar-refractivity contribution is 7.99. The first-order valence-corrected chi connectivity index (χ1v) is 8.31. The van der Waals surface area contributed by atoms with Crippen molar-refractivity contribution in [1.82, 2.24) is 0 Å². The molecule has 0 saturated heterocycles. The van der Waals surface area contributed by atoms with E-state index in [1.807, 2.05) is 24.3 Å². The van der Waals surface area contributed by atoms with Gasteiger partial charge in [0.2, 0.25) is 6.17 Å². The molecule has 7 heteroatoms. The molecule has 0 saturated carbocycles. The van der Waals surface area contributed by atoms with Crippen molar-refractivity contribution >= 4 is 41.7 Å². The first-order valence-electron chi connectivity index (χ1n) is 7.11. The normalized spacial score (nSPS) is 12.8. The van der Waals surface area contributed by atoms with Gasteiger partial charge in [0, 0.05) is 14.8 Å². The highest BCUT2D eigenvalue weighted by Crippen LogP contribution is 2.34. The van der Waals surface area contributed by atoms with E-state index in [4.69, 9.17) is 22.1 Å². The lowest BCUT2D eigenvalue weighted by molar-refractivity contribution is -0.149. The fraction of sp³-hybridized carbons (Fsp3) is 0.235. The molecule has 0 aliphatic carbocycles. The number of carbonyl (C=O) groups excluding carboxylic acids is 1. The Morgan fingerprint density at radius 1 is 1.25 bits per heavy atom. The lowest BCUT2D eigenvalue weighted by Crippen LogP contribution is -2.31. The Labute approximate surface area is 156 Å². The Balaban J connectivity index is 0.00000288. The first kappa shape index (κ1) is 20.8. The zero-order valence-corrected chi connectivity index (χ0v) is 15.3. The molecule has 0 bridgehead atoms. The number of benzene rings is 2. The highest BCUT2D eigenvalue weighted by atomic mass is 35.5. The first-order chi connectivity index (χ1) is 11.0. The van der Waals surface area contributed by atoms with Crippen LogP contribution in [-0.2, 0) is 9.53 Å². The summed E-state index contributed by atoms with van der Waals surface area (Å²) in [5.41, 5.74) is 6.50. The summed E-state index contributed by atoms with van der Waals surface area (Å²) in [5, 5.41) is 0.644. The van der Waals surface area contributed by atoms with Gasteiger partial charge in [0.1, 0.15) is 0 Å². The maximum Gasteiger partial charge on any atom is 0.342 e. The maximum absolute atomic E-state index is 14.2. The van der Waals surface area contributed by atoms with Crippen LogP contribution in [0.15, 0.2) is 58.3 Å². The lowest BCUT2D eigenvalue weighted by atomic mass is 10.0. The highest BCUT2D eigenvalue weighted by Gasteiger charge is 2.29. The van der Waals surface area contributed by atoms with E-state index >= 15 is 0 Å². The molecule has 2 rings (SSSR count). The Morgan fingerprint density at radius 3 is 2.50 bits per heavy atom. The van der Waals surface area contributed by atoms with Crippen LogP contribution < -0.4 is 5.73 Å². The average Bonchev–Trinajstić information content (AvgIpc) is 2.56. The van der Waals surface area contributed by atoms with Gasteiger partial charge in [0.15, 0.2) is 0 Å². The molecular weight excluding hydrogens is 372 g/mol. The third-order valence-corrected chi connectivity index (χ3v) is 4.50. The number of nitrogens with two attached hydrogens (primary N) is 1. The van der Waals surface area contributed by atoms with Crippen LogP contribution >= 0.6 is 35.8 Å². The molecule has 0 spiro atoms. The van der Waals surface area contributed by atoms with Gasteiger partial charge in [-0.25, -0.2) is 9.18 Å². The van der Waals surface area contributed by atoms with Crippen molar-refractivity contribution in [2.75, 3.05) is 6.61 Å². The summed E-state index contributed by atoms with van der Waals surface area (Å²) in [6, 6.07) is 13.4. The minimum absolute atomic E-state index is 0. The summed E-state index contributed by atoms with van der Waals surface area (Å²) in [6.07, 6.45) is -1.90. The number of halogens is 3. The second kappa shape index (κ2) is 9.89. The summed E-state index contributed by atoms with van der Waals surface area (Å²) < 4.78 is 18.9. The molecule has 0 aliphatic heterocycles. The van der Waals surface area contributed by atoms with Crippen molar-refractivity contribution in [1.29, 1.82) is 0 Å². The molecule has 24 heavy (non-hydrogen) atoms. The average molecular weight is 390 g/mol. The minimum Gasteiger partial charge on any atom is -0.464 e. The van der Waals surface area contributed by atoms with Gasteiger partial charge >= 0.3 is 5.97 Å². The number of ether oxygens (including phenoxy) is 1. The molecule has 2 N–H and O–H groups in total. The summed E-state index contributed by atoms with van der Waals surface area (Å²) in [5.74, 6) is -0.939. The predicted molar refractivity (Wildman–Crippen MR) is 97.7 cm³/mol. The van der Waals surface area contributed by atoms with Crippen LogP contribution in [0.3, 0.4) is 0 Å². The fourth-order valence-electron chi connectivity index (χ4n) is 2.00. The molecular formula is C17H18Cl2FNO2S. The number of rotatable bonds is 6. The summed E-state index contributed by atoms with van der Waals surface area (Å²) in [6.45, 7) is 1.74. The molecule has 2 aromatic rings. The largest absolute Gasteiger partial charge is 0.464 e. The van der Waals surface area contributed by atoms with Crippen LogP contribution in [0.25, 0.3) is 0 Å². The maximum atomic E-state index is 14.2. The van der Waals surface area contributed by atoms with Gasteiger partial charge in [-0.1, -0.05) is 41.6 Å². The number of esters is 1. The van der Waals surface area contributed by atoms with Crippen molar-refractivity contribution in [3.63, 3.8) is 0 Å². The van der Waals surface area contributed by atoms with E-state index in [1.165, 1.54) is 11.8 Å². The van der Waals surface area contributed by atoms with Crippen molar-refractivity contribution in [3.05, 3.63) is 59.1 Å². The summed E-state index contributed by atoms with van der Waals surface area (Å²) in [7, 11) is 0. The van der Waals surface area contributed by atoms with E-state index in [-0.39, 0.29) is 19.0 Å². The predicted octanol–water partition coefficient (Wildman–Crippen LogP) is 4.81. The second-order valence-corrected chi connectivity index (χ2v) is 6.33. The van der Waals surface area contributed by atoms with E-state index in [9.17, 15) is 9.18 Å². The SMILES string of the molecule is CCOC(=O)C(F)[C@@H](N)c1ccccc1Sc1ccc(Cl)cc1.Cl. The summed E-state index contributed by atoms with van der Waals surface area (Å²) >= 11 is 7.31. The van der Waals surface area contributed by atoms with Gasteiger partial charge in [0.25, 0.3) is 0 Å². The Bertz CT molecular complexity index is 670. The molecule has 2 atom stereocenters. The molecule has 130 valence electrons. The Hall–Kier alpha value is -1.27.